The number of piperidine rings is 1. The van der Waals surface area contributed by atoms with Crippen LogP contribution in [-0.2, 0) is 5.60 Å². The minimum Gasteiger partial charge on any atom is -0.385 e. The van der Waals surface area contributed by atoms with Crippen molar-refractivity contribution in [3.63, 3.8) is 0 Å². The number of aryl methyl sites for hydroxylation is 1. The molecule has 1 N–H and O–H groups in total. The van der Waals surface area contributed by atoms with Crippen LogP contribution < -0.4 is 0 Å². The average Bonchev–Trinajstić information content (AvgIpc) is 2.64. The summed E-state index contributed by atoms with van der Waals surface area (Å²) in [5.41, 5.74) is 2.32. The van der Waals surface area contributed by atoms with Crippen molar-refractivity contribution in [3.05, 3.63) is 71.3 Å². The Hall–Kier alpha value is -1.97. The maximum absolute atomic E-state index is 12.2. The maximum Gasteiger partial charge on any atom is 0.162 e. The summed E-state index contributed by atoms with van der Waals surface area (Å²) in [4.78, 5) is 14.5. The summed E-state index contributed by atoms with van der Waals surface area (Å²) in [5, 5.41) is 11.0. The molecule has 0 amide bonds. The van der Waals surface area contributed by atoms with Crippen molar-refractivity contribution in [2.45, 2.75) is 38.2 Å². The van der Waals surface area contributed by atoms with Gasteiger partial charge in [-0.25, -0.2) is 0 Å². The molecule has 3 heteroatoms. The Kier molecular flexibility index (Phi) is 5.67. The summed E-state index contributed by atoms with van der Waals surface area (Å²) in [5.74, 6) is 0.217. The summed E-state index contributed by atoms with van der Waals surface area (Å²) in [7, 11) is 0. The van der Waals surface area contributed by atoms with Gasteiger partial charge in [-0.1, -0.05) is 54.6 Å². The number of Topliss-reactive ketones (excluding diaryl/α,β-unsaturated/α-hetero) is 1. The number of aliphatic hydroxyl groups is 1. The third-order valence-corrected chi connectivity index (χ3v) is 5.30. The van der Waals surface area contributed by atoms with Crippen molar-refractivity contribution in [1.82, 2.24) is 4.90 Å². The summed E-state index contributed by atoms with van der Waals surface area (Å²) in [6.45, 7) is 4.74. The summed E-state index contributed by atoms with van der Waals surface area (Å²) < 4.78 is 0. The van der Waals surface area contributed by atoms with E-state index in [9.17, 15) is 9.90 Å². The molecule has 132 valence electrons. The number of rotatable bonds is 6. The van der Waals surface area contributed by atoms with Crippen LogP contribution in [0.5, 0.6) is 0 Å². The van der Waals surface area contributed by atoms with Gasteiger partial charge in [-0.05, 0) is 43.9 Å². The molecular weight excluding hydrogens is 310 g/mol. The number of nitrogens with zero attached hydrogens (tertiary/aromatic N) is 1. The van der Waals surface area contributed by atoms with E-state index < -0.39 is 5.60 Å². The van der Waals surface area contributed by atoms with Gasteiger partial charge in [0.1, 0.15) is 0 Å². The number of hydrogen-bond donors (Lipinski definition) is 1. The van der Waals surface area contributed by atoms with Crippen LogP contribution in [0.4, 0.5) is 0 Å². The smallest absolute Gasteiger partial charge is 0.162 e. The molecule has 2 aromatic carbocycles. The molecule has 0 spiro atoms. The normalized spacial score (nSPS) is 17.4. The van der Waals surface area contributed by atoms with Gasteiger partial charge < -0.3 is 10.0 Å². The van der Waals surface area contributed by atoms with Gasteiger partial charge in [0, 0.05) is 25.1 Å². The van der Waals surface area contributed by atoms with Crippen molar-refractivity contribution in [2.75, 3.05) is 19.6 Å². The van der Waals surface area contributed by atoms with E-state index in [0.29, 0.717) is 6.42 Å². The van der Waals surface area contributed by atoms with E-state index in [1.165, 1.54) is 0 Å². The zero-order valence-electron chi connectivity index (χ0n) is 14.9. The Morgan fingerprint density at radius 1 is 1.04 bits per heavy atom. The second-order valence-electron chi connectivity index (χ2n) is 7.08. The predicted octanol–water partition coefficient (Wildman–Crippen LogP) is 3.94. The van der Waals surface area contributed by atoms with Crippen LogP contribution in [0.15, 0.2) is 54.6 Å². The number of carbonyl (C=O) groups is 1. The molecule has 1 aliphatic heterocycles. The molecule has 1 aliphatic rings. The Bertz CT molecular complexity index is 703. The molecule has 0 unspecified atom stereocenters. The van der Waals surface area contributed by atoms with Crippen molar-refractivity contribution in [2.24, 2.45) is 0 Å². The highest BCUT2D eigenvalue weighted by Gasteiger charge is 2.34. The topological polar surface area (TPSA) is 40.5 Å². The third-order valence-electron chi connectivity index (χ3n) is 5.30. The van der Waals surface area contributed by atoms with Crippen molar-refractivity contribution < 1.29 is 9.90 Å². The predicted molar refractivity (Wildman–Crippen MR) is 101 cm³/mol. The van der Waals surface area contributed by atoms with E-state index in [4.69, 9.17) is 0 Å². The fourth-order valence-corrected chi connectivity index (χ4v) is 3.74. The summed E-state index contributed by atoms with van der Waals surface area (Å²) in [6.07, 6.45) is 2.97. The van der Waals surface area contributed by atoms with Crippen molar-refractivity contribution in [1.29, 1.82) is 0 Å². The Balaban J connectivity index is 1.47. The first kappa shape index (κ1) is 17.8. The number of hydrogen-bond acceptors (Lipinski definition) is 3. The van der Waals surface area contributed by atoms with E-state index in [0.717, 1.165) is 55.6 Å². The molecular formula is C22H27NO2. The summed E-state index contributed by atoms with van der Waals surface area (Å²) in [6, 6.07) is 17.6. The van der Waals surface area contributed by atoms with Crippen LogP contribution >= 0.6 is 0 Å². The lowest BCUT2D eigenvalue weighted by Crippen LogP contribution is -2.43. The quantitative estimate of drug-likeness (QED) is 0.812. The number of benzene rings is 2. The SMILES string of the molecule is Cc1ccccc1C1(O)CCN(CCCC(=O)c2ccccc2)CC1. The molecule has 1 heterocycles. The Morgan fingerprint density at radius 2 is 1.68 bits per heavy atom. The summed E-state index contributed by atoms with van der Waals surface area (Å²) >= 11 is 0. The Labute approximate surface area is 150 Å². The number of likely N-dealkylation sites (tertiary alicyclic amines) is 1. The molecule has 1 fully saturated rings. The van der Waals surface area contributed by atoms with Gasteiger partial charge in [-0.2, -0.15) is 0 Å². The monoisotopic (exact) mass is 337 g/mol. The fraction of sp³-hybridized carbons (Fsp3) is 0.409. The van der Waals surface area contributed by atoms with E-state index in [1.807, 2.05) is 48.5 Å². The molecule has 2 aromatic rings. The fourth-order valence-electron chi connectivity index (χ4n) is 3.74. The number of ketones is 1. The molecule has 0 bridgehead atoms. The first-order valence-corrected chi connectivity index (χ1v) is 9.18. The molecule has 0 aliphatic carbocycles. The molecule has 0 saturated carbocycles. The first-order chi connectivity index (χ1) is 12.1. The molecule has 0 radical (unpaired) electrons. The second kappa shape index (κ2) is 7.94. The van der Waals surface area contributed by atoms with Gasteiger partial charge in [-0.15, -0.1) is 0 Å². The first-order valence-electron chi connectivity index (χ1n) is 9.18. The molecule has 3 nitrogen and oxygen atoms in total. The highest BCUT2D eigenvalue weighted by Crippen LogP contribution is 2.34. The molecule has 25 heavy (non-hydrogen) atoms. The molecule has 1 saturated heterocycles. The van der Waals surface area contributed by atoms with E-state index in [-0.39, 0.29) is 5.78 Å². The van der Waals surface area contributed by atoms with Gasteiger partial charge in [0.25, 0.3) is 0 Å². The lowest BCUT2D eigenvalue weighted by molar-refractivity contribution is -0.0265. The maximum atomic E-state index is 12.2. The van der Waals surface area contributed by atoms with Gasteiger partial charge in [-0.3, -0.25) is 4.79 Å². The van der Waals surface area contributed by atoms with Crippen LogP contribution in [0.3, 0.4) is 0 Å². The van der Waals surface area contributed by atoms with Crippen molar-refractivity contribution in [3.8, 4) is 0 Å². The van der Waals surface area contributed by atoms with Crippen LogP contribution in [-0.4, -0.2) is 35.4 Å². The zero-order valence-corrected chi connectivity index (χ0v) is 14.9. The minimum absolute atomic E-state index is 0.217. The van der Waals surface area contributed by atoms with Crippen LogP contribution in [0.1, 0.15) is 47.2 Å². The zero-order chi connectivity index (χ0) is 17.7. The molecule has 3 rings (SSSR count). The largest absolute Gasteiger partial charge is 0.385 e. The van der Waals surface area contributed by atoms with Crippen LogP contribution in [0.25, 0.3) is 0 Å². The van der Waals surface area contributed by atoms with Gasteiger partial charge in [0.2, 0.25) is 0 Å². The second-order valence-corrected chi connectivity index (χ2v) is 7.08. The van der Waals surface area contributed by atoms with Crippen LogP contribution in [0, 0.1) is 6.92 Å². The molecule has 0 atom stereocenters. The standard InChI is InChI=1S/C22H27NO2/c1-18-8-5-6-11-20(18)22(25)13-16-23(17-14-22)15-7-12-21(24)19-9-3-2-4-10-19/h2-6,8-11,25H,7,12-17H2,1H3. The third kappa shape index (κ3) is 4.36. The van der Waals surface area contributed by atoms with Crippen molar-refractivity contribution >= 4 is 5.78 Å². The van der Waals surface area contributed by atoms with E-state index in [2.05, 4.69) is 17.9 Å². The van der Waals surface area contributed by atoms with E-state index >= 15 is 0 Å². The average molecular weight is 337 g/mol. The number of carbonyl (C=O) groups excluding carboxylic acids is 1. The van der Waals surface area contributed by atoms with Crippen LogP contribution in [0.2, 0.25) is 0 Å². The Morgan fingerprint density at radius 3 is 2.36 bits per heavy atom. The van der Waals surface area contributed by atoms with Gasteiger partial charge in [0.15, 0.2) is 5.78 Å². The minimum atomic E-state index is -0.707. The highest BCUT2D eigenvalue weighted by atomic mass is 16.3. The van der Waals surface area contributed by atoms with Gasteiger partial charge >= 0.3 is 0 Å². The lowest BCUT2D eigenvalue weighted by Gasteiger charge is -2.39. The highest BCUT2D eigenvalue weighted by molar-refractivity contribution is 5.95. The van der Waals surface area contributed by atoms with Gasteiger partial charge in [0.05, 0.1) is 5.60 Å². The lowest BCUT2D eigenvalue weighted by atomic mass is 9.82. The van der Waals surface area contributed by atoms with E-state index in [1.54, 1.807) is 0 Å². The molecule has 0 aromatic heterocycles.